The first-order valence-electron chi connectivity index (χ1n) is 9.71. The largest absolute Gasteiger partial charge is 0.444 e. The maximum absolute atomic E-state index is 12.2. The van der Waals surface area contributed by atoms with Gasteiger partial charge in [-0.25, -0.2) is 4.79 Å². The van der Waals surface area contributed by atoms with Crippen molar-refractivity contribution < 1.29 is 9.53 Å². The molecule has 1 amide bonds. The summed E-state index contributed by atoms with van der Waals surface area (Å²) in [6, 6.07) is 6.92. The van der Waals surface area contributed by atoms with Gasteiger partial charge >= 0.3 is 6.09 Å². The lowest BCUT2D eigenvalue weighted by Gasteiger charge is -2.29. The second-order valence-electron chi connectivity index (χ2n) is 8.51. The van der Waals surface area contributed by atoms with Crippen molar-refractivity contribution >= 4 is 22.6 Å². The molecule has 0 saturated heterocycles. The quantitative estimate of drug-likeness (QED) is 0.833. The molecule has 2 aromatic rings. The van der Waals surface area contributed by atoms with Crippen LogP contribution in [-0.4, -0.2) is 46.0 Å². The minimum atomic E-state index is -0.460. The molecule has 0 radical (unpaired) electrons. The summed E-state index contributed by atoms with van der Waals surface area (Å²) in [6.45, 7) is 11.0. The van der Waals surface area contributed by atoms with E-state index in [-0.39, 0.29) is 6.09 Å². The Morgan fingerprint density at radius 1 is 1.33 bits per heavy atom. The fourth-order valence-electron chi connectivity index (χ4n) is 3.81. The van der Waals surface area contributed by atoms with Crippen LogP contribution in [-0.2, 0) is 11.3 Å². The minimum absolute atomic E-state index is 0.239. The average molecular weight is 368 g/mol. The van der Waals surface area contributed by atoms with Gasteiger partial charge in [0.2, 0.25) is 0 Å². The number of amides is 1. The van der Waals surface area contributed by atoms with Crippen LogP contribution in [0.25, 0.3) is 16.5 Å². The zero-order chi connectivity index (χ0) is 19.2. The van der Waals surface area contributed by atoms with E-state index in [2.05, 4.69) is 41.2 Å². The first kappa shape index (κ1) is 18.0. The molecule has 1 atom stereocenters. The average Bonchev–Trinajstić information content (AvgIpc) is 3.00. The van der Waals surface area contributed by atoms with Crippen LogP contribution in [0, 0.1) is 0 Å². The van der Waals surface area contributed by atoms with Gasteiger partial charge in [-0.05, 0) is 51.3 Å². The van der Waals surface area contributed by atoms with Crippen LogP contribution in [0.1, 0.15) is 51.4 Å². The molecule has 6 nitrogen and oxygen atoms in total. The number of nitrogens with one attached hydrogen (secondary N) is 1. The lowest BCUT2D eigenvalue weighted by Crippen LogP contribution is -2.39. The molecule has 27 heavy (non-hydrogen) atoms. The zero-order valence-corrected chi connectivity index (χ0v) is 16.6. The number of ether oxygens (including phenoxy) is 1. The third kappa shape index (κ3) is 3.58. The van der Waals surface area contributed by atoms with Gasteiger partial charge in [0, 0.05) is 31.6 Å². The van der Waals surface area contributed by atoms with Crippen LogP contribution in [0.3, 0.4) is 0 Å². The summed E-state index contributed by atoms with van der Waals surface area (Å²) in [5.41, 5.74) is 4.33. The standard InChI is InChI=1S/C21H28N4O2/c1-14-12-22-13-19-17-6-5-16(11-18(17)23-25(14)19)15-7-9-24(10-8-15)20(26)27-21(2,3)4/h5-7,11,14,22H,8-10,12-13H2,1-4H3/t14-/m1/s1. The number of aromatic nitrogens is 2. The number of rotatable bonds is 1. The van der Waals surface area contributed by atoms with E-state index in [0.29, 0.717) is 19.1 Å². The van der Waals surface area contributed by atoms with Crippen molar-refractivity contribution in [2.75, 3.05) is 19.6 Å². The number of benzene rings is 1. The van der Waals surface area contributed by atoms with Gasteiger partial charge in [0.25, 0.3) is 0 Å². The molecule has 1 aromatic heterocycles. The van der Waals surface area contributed by atoms with Crippen LogP contribution in [0.5, 0.6) is 0 Å². The Bertz CT molecular complexity index is 907. The molecule has 3 heterocycles. The van der Waals surface area contributed by atoms with Gasteiger partial charge in [-0.3, -0.25) is 4.68 Å². The predicted octanol–water partition coefficient (Wildman–Crippen LogP) is 3.72. The molecule has 1 aromatic carbocycles. The van der Waals surface area contributed by atoms with E-state index in [4.69, 9.17) is 9.84 Å². The Morgan fingerprint density at radius 2 is 2.15 bits per heavy atom. The Hall–Kier alpha value is -2.34. The Labute approximate surface area is 160 Å². The third-order valence-corrected chi connectivity index (χ3v) is 5.18. The van der Waals surface area contributed by atoms with Crippen molar-refractivity contribution in [3.05, 3.63) is 35.5 Å². The van der Waals surface area contributed by atoms with E-state index in [1.165, 1.54) is 22.2 Å². The molecular formula is C21H28N4O2. The molecule has 0 aliphatic carbocycles. The Balaban J connectivity index is 1.54. The summed E-state index contributed by atoms with van der Waals surface area (Å²) >= 11 is 0. The van der Waals surface area contributed by atoms with Crippen molar-refractivity contribution in [1.82, 2.24) is 20.0 Å². The molecular weight excluding hydrogens is 340 g/mol. The Kier molecular flexibility index (Phi) is 4.46. The van der Waals surface area contributed by atoms with Gasteiger partial charge in [-0.1, -0.05) is 18.2 Å². The molecule has 144 valence electrons. The van der Waals surface area contributed by atoms with Gasteiger partial charge in [0.05, 0.1) is 17.3 Å². The minimum Gasteiger partial charge on any atom is -0.444 e. The van der Waals surface area contributed by atoms with Gasteiger partial charge < -0.3 is 15.0 Å². The van der Waals surface area contributed by atoms with Gasteiger partial charge in [-0.15, -0.1) is 0 Å². The first-order valence-corrected chi connectivity index (χ1v) is 9.71. The smallest absolute Gasteiger partial charge is 0.410 e. The van der Waals surface area contributed by atoms with Crippen molar-refractivity contribution in [3.8, 4) is 0 Å². The maximum Gasteiger partial charge on any atom is 0.410 e. The van der Waals surface area contributed by atoms with Crippen LogP contribution in [0.2, 0.25) is 0 Å². The predicted molar refractivity (Wildman–Crippen MR) is 107 cm³/mol. The molecule has 1 N–H and O–H groups in total. The van der Waals surface area contributed by atoms with Gasteiger partial charge in [-0.2, -0.15) is 5.10 Å². The highest BCUT2D eigenvalue weighted by molar-refractivity contribution is 5.86. The summed E-state index contributed by atoms with van der Waals surface area (Å²) in [5, 5.41) is 9.52. The van der Waals surface area contributed by atoms with Crippen molar-refractivity contribution in [1.29, 1.82) is 0 Å². The monoisotopic (exact) mass is 368 g/mol. The van der Waals surface area contributed by atoms with E-state index in [1.54, 1.807) is 4.90 Å². The van der Waals surface area contributed by atoms with Crippen molar-refractivity contribution in [2.24, 2.45) is 0 Å². The summed E-state index contributed by atoms with van der Waals surface area (Å²) in [5.74, 6) is 0. The van der Waals surface area contributed by atoms with Crippen molar-refractivity contribution in [3.63, 3.8) is 0 Å². The number of carbonyl (C=O) groups is 1. The molecule has 0 unspecified atom stereocenters. The number of fused-ring (bicyclic) bond motifs is 3. The normalized spacial score (nSPS) is 20.4. The first-order chi connectivity index (χ1) is 12.8. The maximum atomic E-state index is 12.2. The van der Waals surface area contributed by atoms with Crippen LogP contribution < -0.4 is 5.32 Å². The van der Waals surface area contributed by atoms with Crippen molar-refractivity contribution in [2.45, 2.75) is 52.3 Å². The molecule has 0 saturated carbocycles. The fourth-order valence-corrected chi connectivity index (χ4v) is 3.81. The van der Waals surface area contributed by atoms with Crippen LogP contribution in [0.4, 0.5) is 4.79 Å². The van der Waals surface area contributed by atoms with Gasteiger partial charge in [0.1, 0.15) is 5.60 Å². The second-order valence-corrected chi connectivity index (χ2v) is 8.51. The van der Waals surface area contributed by atoms with E-state index >= 15 is 0 Å². The molecule has 2 aliphatic heterocycles. The topological polar surface area (TPSA) is 59.4 Å². The molecule has 4 rings (SSSR count). The number of hydrogen-bond acceptors (Lipinski definition) is 4. The molecule has 0 spiro atoms. The second kappa shape index (κ2) is 6.68. The summed E-state index contributed by atoms with van der Waals surface area (Å²) in [7, 11) is 0. The van der Waals surface area contributed by atoms with E-state index in [9.17, 15) is 4.79 Å². The van der Waals surface area contributed by atoms with E-state index in [1.807, 2.05) is 20.8 Å². The molecule has 0 fully saturated rings. The van der Waals surface area contributed by atoms with E-state index < -0.39 is 5.60 Å². The molecule has 6 heteroatoms. The summed E-state index contributed by atoms with van der Waals surface area (Å²) < 4.78 is 7.63. The van der Waals surface area contributed by atoms with Crippen LogP contribution >= 0.6 is 0 Å². The number of carbonyl (C=O) groups excluding carboxylic acids is 1. The highest BCUT2D eigenvalue weighted by Crippen LogP contribution is 2.29. The zero-order valence-electron chi connectivity index (χ0n) is 16.6. The Morgan fingerprint density at radius 3 is 2.85 bits per heavy atom. The van der Waals surface area contributed by atoms with Crippen LogP contribution in [0.15, 0.2) is 24.3 Å². The molecule has 2 aliphatic rings. The number of nitrogens with zero attached hydrogens (tertiary/aromatic N) is 3. The fraction of sp³-hybridized carbons (Fsp3) is 0.524. The molecule has 0 bridgehead atoms. The third-order valence-electron chi connectivity index (χ3n) is 5.18. The van der Waals surface area contributed by atoms with Gasteiger partial charge in [0.15, 0.2) is 0 Å². The number of hydrogen-bond donors (Lipinski definition) is 1. The highest BCUT2D eigenvalue weighted by Gasteiger charge is 2.24. The SMILES string of the molecule is C[C@@H]1CNCc2c3ccc(C4=CCN(C(=O)OC(C)(C)C)CC4)cc3nn21. The summed E-state index contributed by atoms with van der Waals surface area (Å²) in [6.07, 6.45) is 2.72. The lowest BCUT2D eigenvalue weighted by molar-refractivity contribution is 0.0270. The lowest BCUT2D eigenvalue weighted by atomic mass is 9.98. The summed E-state index contributed by atoms with van der Waals surface area (Å²) in [4.78, 5) is 14.0. The van der Waals surface area contributed by atoms with E-state index in [0.717, 1.165) is 25.0 Å². The highest BCUT2D eigenvalue weighted by atomic mass is 16.6.